The second-order valence-electron chi connectivity index (χ2n) is 5.48. The molecule has 1 aromatic rings. The Kier molecular flexibility index (Phi) is 7.22. The van der Waals surface area contributed by atoms with Gasteiger partial charge >= 0.3 is 12.0 Å². The molecule has 0 aliphatic rings. The van der Waals surface area contributed by atoms with Gasteiger partial charge in [-0.1, -0.05) is 32.0 Å². The number of hydrogen-bond donors (Lipinski definition) is 3. The van der Waals surface area contributed by atoms with Crippen molar-refractivity contribution in [3.8, 4) is 5.75 Å². The Labute approximate surface area is 130 Å². The molecule has 0 heterocycles. The lowest BCUT2D eigenvalue weighted by atomic mass is 10.0. The maximum atomic E-state index is 11.8. The van der Waals surface area contributed by atoms with Gasteiger partial charge in [0, 0.05) is 6.54 Å². The summed E-state index contributed by atoms with van der Waals surface area (Å²) in [5, 5.41) is 14.2. The third kappa shape index (κ3) is 6.03. The van der Waals surface area contributed by atoms with E-state index in [1.165, 1.54) is 0 Å². The van der Waals surface area contributed by atoms with Crippen molar-refractivity contribution in [2.45, 2.75) is 32.7 Å². The van der Waals surface area contributed by atoms with Gasteiger partial charge in [-0.15, -0.1) is 0 Å². The van der Waals surface area contributed by atoms with Crippen molar-refractivity contribution < 1.29 is 19.4 Å². The highest BCUT2D eigenvalue weighted by atomic mass is 16.5. The smallest absolute Gasteiger partial charge is 0.326 e. The number of methoxy groups -OCH3 is 1. The van der Waals surface area contributed by atoms with Crippen LogP contribution in [0.5, 0.6) is 5.75 Å². The number of ether oxygens (including phenoxy) is 1. The minimum Gasteiger partial charge on any atom is -0.496 e. The minimum absolute atomic E-state index is 0.190. The Morgan fingerprint density at radius 2 is 1.95 bits per heavy atom. The van der Waals surface area contributed by atoms with Crippen molar-refractivity contribution in [2.75, 3.05) is 13.7 Å². The molecule has 0 bridgehead atoms. The van der Waals surface area contributed by atoms with Crippen molar-refractivity contribution in [1.29, 1.82) is 0 Å². The summed E-state index contributed by atoms with van der Waals surface area (Å²) in [6.45, 7) is 4.23. The molecule has 2 amide bonds. The van der Waals surface area contributed by atoms with E-state index in [0.29, 0.717) is 19.4 Å². The first-order chi connectivity index (χ1) is 10.4. The molecular weight excluding hydrogens is 284 g/mol. The first kappa shape index (κ1) is 17.8. The van der Waals surface area contributed by atoms with E-state index in [9.17, 15) is 9.59 Å². The highest BCUT2D eigenvalue weighted by Gasteiger charge is 2.20. The van der Waals surface area contributed by atoms with Crippen LogP contribution in [0, 0.1) is 5.92 Å². The molecule has 0 aliphatic carbocycles. The Bertz CT molecular complexity index is 503. The molecule has 1 atom stereocenters. The van der Waals surface area contributed by atoms with Crippen molar-refractivity contribution in [1.82, 2.24) is 10.6 Å². The lowest BCUT2D eigenvalue weighted by Crippen LogP contribution is -2.47. The van der Waals surface area contributed by atoms with Gasteiger partial charge in [0.2, 0.25) is 0 Å². The van der Waals surface area contributed by atoms with E-state index in [0.717, 1.165) is 11.3 Å². The van der Waals surface area contributed by atoms with E-state index in [1.807, 2.05) is 38.1 Å². The fourth-order valence-electron chi connectivity index (χ4n) is 2.12. The summed E-state index contributed by atoms with van der Waals surface area (Å²) in [6.07, 6.45) is 1.01. The average molecular weight is 308 g/mol. The zero-order valence-corrected chi connectivity index (χ0v) is 13.3. The zero-order chi connectivity index (χ0) is 16.5. The first-order valence-electron chi connectivity index (χ1n) is 7.33. The van der Waals surface area contributed by atoms with Gasteiger partial charge < -0.3 is 20.5 Å². The van der Waals surface area contributed by atoms with Gasteiger partial charge in [-0.05, 0) is 30.4 Å². The van der Waals surface area contributed by atoms with E-state index in [-0.39, 0.29) is 5.92 Å². The van der Waals surface area contributed by atoms with Crippen molar-refractivity contribution in [3.05, 3.63) is 29.8 Å². The fourth-order valence-corrected chi connectivity index (χ4v) is 2.12. The van der Waals surface area contributed by atoms with Gasteiger partial charge in [0.05, 0.1) is 7.11 Å². The summed E-state index contributed by atoms with van der Waals surface area (Å²) in [4.78, 5) is 22.9. The third-order valence-corrected chi connectivity index (χ3v) is 3.18. The topological polar surface area (TPSA) is 87.7 Å². The number of urea groups is 1. The van der Waals surface area contributed by atoms with E-state index < -0.39 is 18.0 Å². The molecule has 22 heavy (non-hydrogen) atoms. The van der Waals surface area contributed by atoms with Crippen LogP contribution in [0.1, 0.15) is 25.8 Å². The van der Waals surface area contributed by atoms with Crippen molar-refractivity contribution >= 4 is 12.0 Å². The van der Waals surface area contributed by atoms with Crippen LogP contribution < -0.4 is 15.4 Å². The van der Waals surface area contributed by atoms with Gasteiger partial charge in [0.1, 0.15) is 11.8 Å². The number of nitrogens with one attached hydrogen (secondary N) is 2. The van der Waals surface area contributed by atoms with E-state index >= 15 is 0 Å². The fraction of sp³-hybridized carbons (Fsp3) is 0.500. The van der Waals surface area contributed by atoms with Crippen LogP contribution in [-0.2, 0) is 11.2 Å². The Hall–Kier alpha value is -2.24. The highest BCUT2D eigenvalue weighted by Crippen LogP contribution is 2.17. The standard InChI is InChI=1S/C16H24N2O4/c1-11(2)10-13(15(19)20)18-16(21)17-9-8-12-6-4-5-7-14(12)22-3/h4-7,11,13H,8-10H2,1-3H3,(H,19,20)(H2,17,18,21). The van der Waals surface area contributed by atoms with Crippen LogP contribution in [0.25, 0.3) is 0 Å². The lowest BCUT2D eigenvalue weighted by Gasteiger charge is -2.17. The molecular formula is C16H24N2O4. The highest BCUT2D eigenvalue weighted by molar-refractivity contribution is 5.82. The molecule has 0 aromatic heterocycles. The van der Waals surface area contributed by atoms with E-state index in [4.69, 9.17) is 9.84 Å². The Balaban J connectivity index is 2.43. The first-order valence-corrected chi connectivity index (χ1v) is 7.33. The number of rotatable bonds is 8. The molecule has 6 heteroatoms. The average Bonchev–Trinajstić information content (AvgIpc) is 2.46. The second-order valence-corrected chi connectivity index (χ2v) is 5.48. The monoisotopic (exact) mass is 308 g/mol. The molecule has 0 saturated carbocycles. The van der Waals surface area contributed by atoms with Crippen LogP contribution in [0.15, 0.2) is 24.3 Å². The number of amides is 2. The molecule has 3 N–H and O–H groups in total. The molecule has 1 rings (SSSR count). The van der Waals surface area contributed by atoms with Gasteiger partial charge in [-0.2, -0.15) is 0 Å². The summed E-state index contributed by atoms with van der Waals surface area (Å²) >= 11 is 0. The van der Waals surface area contributed by atoms with Gasteiger partial charge in [-0.25, -0.2) is 9.59 Å². The summed E-state index contributed by atoms with van der Waals surface area (Å²) in [6, 6.07) is 6.23. The predicted octanol–water partition coefficient (Wildman–Crippen LogP) is 2.04. The molecule has 122 valence electrons. The van der Waals surface area contributed by atoms with Gasteiger partial charge in [0.25, 0.3) is 0 Å². The second kappa shape index (κ2) is 8.92. The summed E-state index contributed by atoms with van der Waals surface area (Å²) in [7, 11) is 1.60. The predicted molar refractivity (Wildman–Crippen MR) is 84.1 cm³/mol. The van der Waals surface area contributed by atoms with Crippen LogP contribution in [0.2, 0.25) is 0 Å². The number of carbonyl (C=O) groups excluding carboxylic acids is 1. The number of carboxylic acid groups (broad SMARTS) is 1. The van der Waals surface area contributed by atoms with Crippen LogP contribution in [0.4, 0.5) is 4.79 Å². The quantitative estimate of drug-likeness (QED) is 0.686. The molecule has 1 aromatic carbocycles. The van der Waals surface area contributed by atoms with Crippen molar-refractivity contribution in [2.24, 2.45) is 5.92 Å². The number of carbonyl (C=O) groups is 2. The summed E-state index contributed by atoms with van der Waals surface area (Å²) in [5.41, 5.74) is 0.988. The van der Waals surface area contributed by atoms with Crippen LogP contribution in [0.3, 0.4) is 0 Å². The molecule has 6 nitrogen and oxygen atoms in total. The number of aliphatic carboxylic acids is 1. The maximum absolute atomic E-state index is 11.8. The third-order valence-electron chi connectivity index (χ3n) is 3.18. The largest absolute Gasteiger partial charge is 0.496 e. The molecule has 0 saturated heterocycles. The van der Waals surface area contributed by atoms with Gasteiger partial charge in [-0.3, -0.25) is 0 Å². The molecule has 0 fully saturated rings. The molecule has 0 radical (unpaired) electrons. The molecule has 0 aliphatic heterocycles. The summed E-state index contributed by atoms with van der Waals surface area (Å²) in [5.74, 6) is -0.0588. The van der Waals surface area contributed by atoms with Crippen LogP contribution >= 0.6 is 0 Å². The number of hydrogen-bond acceptors (Lipinski definition) is 3. The SMILES string of the molecule is COc1ccccc1CCNC(=O)NC(CC(C)C)C(=O)O. The maximum Gasteiger partial charge on any atom is 0.326 e. The zero-order valence-electron chi connectivity index (χ0n) is 13.3. The minimum atomic E-state index is -1.02. The van der Waals surface area contributed by atoms with E-state index in [1.54, 1.807) is 7.11 Å². The van der Waals surface area contributed by atoms with Crippen molar-refractivity contribution in [3.63, 3.8) is 0 Å². The van der Waals surface area contributed by atoms with Crippen LogP contribution in [-0.4, -0.2) is 36.8 Å². The Morgan fingerprint density at radius 3 is 2.55 bits per heavy atom. The summed E-state index contributed by atoms with van der Waals surface area (Å²) < 4.78 is 5.24. The molecule has 0 spiro atoms. The molecule has 1 unspecified atom stereocenters. The normalized spacial score (nSPS) is 11.8. The number of para-hydroxylation sites is 1. The Morgan fingerprint density at radius 1 is 1.27 bits per heavy atom. The number of carboxylic acids is 1. The number of benzene rings is 1. The van der Waals surface area contributed by atoms with Gasteiger partial charge in [0.15, 0.2) is 0 Å². The van der Waals surface area contributed by atoms with E-state index in [2.05, 4.69) is 10.6 Å². The lowest BCUT2D eigenvalue weighted by molar-refractivity contribution is -0.139.